The molecule has 0 bridgehead atoms. The van der Waals surface area contributed by atoms with Gasteiger partial charge in [0.25, 0.3) is 0 Å². The average molecular weight is 404 g/mol. The van der Waals surface area contributed by atoms with Crippen molar-refractivity contribution < 1.29 is 70.2 Å². The lowest BCUT2D eigenvalue weighted by atomic mass is 10.2. The largest absolute Gasteiger partial charge is 0.479 e. The van der Waals surface area contributed by atoms with Crippen molar-refractivity contribution in [2.24, 2.45) is 0 Å². The van der Waals surface area contributed by atoms with E-state index in [9.17, 15) is 19.2 Å². The van der Waals surface area contributed by atoms with Crippen molar-refractivity contribution in [1.82, 2.24) is 0 Å². The number of hydrogen-bond acceptors (Lipinski definition) is 10. The first kappa shape index (κ1) is 29.4. The minimum absolute atomic E-state index is 0.185. The van der Waals surface area contributed by atoms with Gasteiger partial charge in [-0.3, -0.25) is 0 Å². The van der Waals surface area contributed by atoms with Gasteiger partial charge < -0.3 is 51.1 Å². The molecule has 14 nitrogen and oxygen atoms in total. The molecule has 14 heteroatoms. The van der Waals surface area contributed by atoms with Crippen LogP contribution in [0.25, 0.3) is 0 Å². The molecule has 0 aliphatic rings. The first-order chi connectivity index (χ1) is 12.2. The number of hydrogen-bond donors (Lipinski definition) is 10. The van der Waals surface area contributed by atoms with Crippen molar-refractivity contribution in [3.05, 3.63) is 0 Å². The number of aliphatic carboxylic acids is 4. The molecule has 160 valence electrons. The van der Waals surface area contributed by atoms with Crippen molar-refractivity contribution in [1.29, 1.82) is 0 Å². The molecule has 5 unspecified atom stereocenters. The standard InChI is InChI=1S/C5H12O2.2C4H6O6/c1-5(7)3-2-4-6;2*5-1(3(7)8)2(6)4(9)10/h5-7H,2-4H2,1H3;2*1-2,5-6H,(H,7,8)(H,9,10). The lowest BCUT2D eigenvalue weighted by Crippen LogP contribution is -2.39. The highest BCUT2D eigenvalue weighted by atomic mass is 16.4. The highest BCUT2D eigenvalue weighted by Gasteiger charge is 2.30. The zero-order chi connectivity index (χ0) is 22.3. The third kappa shape index (κ3) is 16.8. The Hall–Kier alpha value is -2.36. The summed E-state index contributed by atoms with van der Waals surface area (Å²) in [4.78, 5) is 39.1. The Morgan fingerprint density at radius 3 is 0.926 bits per heavy atom. The summed E-state index contributed by atoms with van der Waals surface area (Å²) in [6, 6.07) is 0. The van der Waals surface area contributed by atoms with E-state index in [2.05, 4.69) is 0 Å². The van der Waals surface area contributed by atoms with Gasteiger partial charge in [-0.25, -0.2) is 19.2 Å². The van der Waals surface area contributed by atoms with Crippen LogP contribution in [0.3, 0.4) is 0 Å². The zero-order valence-electron chi connectivity index (χ0n) is 14.1. The van der Waals surface area contributed by atoms with Crippen LogP contribution < -0.4 is 0 Å². The molecule has 0 spiro atoms. The molecule has 0 saturated carbocycles. The summed E-state index contributed by atoms with van der Waals surface area (Å²) in [5.74, 6) is -7.07. The van der Waals surface area contributed by atoms with E-state index in [1.54, 1.807) is 6.92 Å². The molecule has 0 amide bonds. The smallest absolute Gasteiger partial charge is 0.335 e. The molecule has 5 atom stereocenters. The summed E-state index contributed by atoms with van der Waals surface area (Å²) in [5.41, 5.74) is 0. The maximum absolute atomic E-state index is 9.77. The van der Waals surface area contributed by atoms with Gasteiger partial charge in [0.15, 0.2) is 24.4 Å². The second kappa shape index (κ2) is 15.9. The monoisotopic (exact) mass is 404 g/mol. The molecule has 0 aliphatic carbocycles. The lowest BCUT2D eigenvalue weighted by Gasteiger charge is -2.07. The van der Waals surface area contributed by atoms with E-state index in [1.807, 2.05) is 0 Å². The Balaban J connectivity index is -0.000000326. The second-order valence-electron chi connectivity index (χ2n) is 4.85. The van der Waals surface area contributed by atoms with Crippen LogP contribution in [0.1, 0.15) is 19.8 Å². The molecule has 27 heavy (non-hydrogen) atoms. The zero-order valence-corrected chi connectivity index (χ0v) is 14.1. The number of aliphatic hydroxyl groups is 6. The summed E-state index contributed by atoms with van der Waals surface area (Å²) in [7, 11) is 0. The van der Waals surface area contributed by atoms with Crippen molar-refractivity contribution in [2.45, 2.75) is 50.3 Å². The molecule has 10 N–H and O–H groups in total. The highest BCUT2D eigenvalue weighted by molar-refractivity contribution is 5.83. The van der Waals surface area contributed by atoms with E-state index in [1.165, 1.54) is 0 Å². The van der Waals surface area contributed by atoms with Crippen LogP contribution in [0.5, 0.6) is 0 Å². The van der Waals surface area contributed by atoms with Gasteiger partial charge in [0.2, 0.25) is 0 Å². The van der Waals surface area contributed by atoms with Crippen LogP contribution in [0.4, 0.5) is 0 Å². The van der Waals surface area contributed by atoms with Gasteiger partial charge in [0.05, 0.1) is 6.10 Å². The summed E-state index contributed by atoms with van der Waals surface area (Å²) < 4.78 is 0. The molecule has 0 fully saturated rings. The molecule has 0 radical (unpaired) electrons. The molecular formula is C13H24O14. The Bertz CT molecular complexity index is 390. The van der Waals surface area contributed by atoms with Gasteiger partial charge in [-0.2, -0.15) is 0 Å². The normalized spacial score (nSPS) is 15.4. The number of carboxylic acids is 4. The van der Waals surface area contributed by atoms with E-state index >= 15 is 0 Å². The fourth-order valence-electron chi connectivity index (χ4n) is 0.927. The molecule has 0 aromatic heterocycles. The summed E-state index contributed by atoms with van der Waals surface area (Å²) in [5, 5.41) is 81.8. The minimum atomic E-state index is -2.27. The van der Waals surface area contributed by atoms with Crippen molar-refractivity contribution >= 4 is 23.9 Å². The van der Waals surface area contributed by atoms with Crippen LogP contribution in [0, 0.1) is 0 Å². The molecule has 0 aromatic rings. The van der Waals surface area contributed by atoms with E-state index in [0.29, 0.717) is 12.8 Å². The quantitative estimate of drug-likeness (QED) is 0.175. The van der Waals surface area contributed by atoms with Crippen LogP contribution in [0.15, 0.2) is 0 Å². The second-order valence-corrected chi connectivity index (χ2v) is 4.85. The van der Waals surface area contributed by atoms with E-state index in [-0.39, 0.29) is 12.7 Å². The van der Waals surface area contributed by atoms with Crippen LogP contribution in [0.2, 0.25) is 0 Å². The lowest BCUT2D eigenvalue weighted by molar-refractivity contribution is -0.165. The van der Waals surface area contributed by atoms with Gasteiger partial charge >= 0.3 is 23.9 Å². The maximum atomic E-state index is 9.77. The molecule has 0 rings (SSSR count). The number of rotatable bonds is 9. The third-order valence-corrected chi connectivity index (χ3v) is 2.39. The number of carboxylic acid groups (broad SMARTS) is 4. The SMILES string of the molecule is CC(O)CCCO.O=C(O)C(O)C(O)C(=O)O.O=C(O)C(O)C(O)C(=O)O. The Morgan fingerprint density at radius 1 is 0.630 bits per heavy atom. The van der Waals surface area contributed by atoms with Gasteiger partial charge in [-0.1, -0.05) is 0 Å². The highest BCUT2D eigenvalue weighted by Crippen LogP contribution is 1.93. The molecule has 0 aliphatic heterocycles. The predicted octanol–water partition coefficient (Wildman–Crippen LogP) is -4.11. The van der Waals surface area contributed by atoms with Crippen LogP contribution in [-0.2, 0) is 19.2 Å². The topological polar surface area (TPSA) is 271 Å². The first-order valence-electron chi connectivity index (χ1n) is 7.13. The number of carbonyl (C=O) groups is 4. The van der Waals surface area contributed by atoms with E-state index in [0.717, 1.165) is 0 Å². The summed E-state index contributed by atoms with van der Waals surface area (Å²) in [6.07, 6.45) is -7.91. The van der Waals surface area contributed by atoms with E-state index < -0.39 is 48.3 Å². The Morgan fingerprint density at radius 2 is 0.852 bits per heavy atom. The average Bonchev–Trinajstić information content (AvgIpc) is 2.57. The van der Waals surface area contributed by atoms with Crippen LogP contribution in [-0.4, -0.2) is 112 Å². The third-order valence-electron chi connectivity index (χ3n) is 2.39. The van der Waals surface area contributed by atoms with E-state index in [4.69, 9.17) is 51.1 Å². The predicted molar refractivity (Wildman–Crippen MR) is 82.6 cm³/mol. The number of aliphatic hydroxyl groups excluding tert-OH is 6. The minimum Gasteiger partial charge on any atom is -0.479 e. The van der Waals surface area contributed by atoms with Crippen molar-refractivity contribution in [2.75, 3.05) is 6.61 Å². The maximum Gasteiger partial charge on any atom is 0.335 e. The van der Waals surface area contributed by atoms with Crippen molar-refractivity contribution in [3.8, 4) is 0 Å². The molecule has 0 aromatic carbocycles. The van der Waals surface area contributed by atoms with Crippen LogP contribution >= 0.6 is 0 Å². The fraction of sp³-hybridized carbons (Fsp3) is 0.692. The van der Waals surface area contributed by atoms with Gasteiger partial charge in [-0.05, 0) is 19.8 Å². The molecule has 0 heterocycles. The molecule has 0 saturated heterocycles. The van der Waals surface area contributed by atoms with Crippen molar-refractivity contribution in [3.63, 3.8) is 0 Å². The van der Waals surface area contributed by atoms with Gasteiger partial charge in [0, 0.05) is 6.61 Å². The van der Waals surface area contributed by atoms with Gasteiger partial charge in [0.1, 0.15) is 0 Å². The Labute approximate surface area is 152 Å². The fourth-order valence-corrected chi connectivity index (χ4v) is 0.927. The summed E-state index contributed by atoms with van der Waals surface area (Å²) in [6.45, 7) is 1.90. The summed E-state index contributed by atoms with van der Waals surface area (Å²) >= 11 is 0. The Kier molecular flexibility index (Phi) is 17.3. The first-order valence-corrected chi connectivity index (χ1v) is 7.13. The van der Waals surface area contributed by atoms with Gasteiger partial charge in [-0.15, -0.1) is 0 Å². The molecular weight excluding hydrogens is 380 g/mol.